The number of nitrogens with zero attached hydrogens (tertiary/aromatic N) is 3. The van der Waals surface area contributed by atoms with Crippen LogP contribution in [0.2, 0.25) is 0 Å². The summed E-state index contributed by atoms with van der Waals surface area (Å²) in [6, 6.07) is 71.6. The molecular formula is C51H33N3. The Morgan fingerprint density at radius 3 is 1.37 bits per heavy atom. The highest BCUT2D eigenvalue weighted by molar-refractivity contribution is 6.05. The molecule has 0 atom stereocenters. The van der Waals surface area contributed by atoms with E-state index in [0.29, 0.717) is 11.4 Å². The molecule has 0 N–H and O–H groups in total. The lowest BCUT2D eigenvalue weighted by Crippen LogP contribution is -2.00. The molecule has 0 aliphatic carbocycles. The van der Waals surface area contributed by atoms with E-state index in [4.69, 9.17) is 9.97 Å². The number of fused-ring (bicyclic) bond motifs is 1. The van der Waals surface area contributed by atoms with Gasteiger partial charge in [-0.25, -0.2) is 9.97 Å². The first-order chi connectivity index (χ1) is 26.7. The lowest BCUT2D eigenvalue weighted by molar-refractivity contribution is 1.18. The van der Waals surface area contributed by atoms with E-state index < -0.39 is 0 Å². The monoisotopic (exact) mass is 687 g/mol. The maximum absolute atomic E-state index is 9.26. The Morgan fingerprint density at radius 1 is 0.333 bits per heavy atom. The molecule has 0 bridgehead atoms. The summed E-state index contributed by atoms with van der Waals surface area (Å²) in [6.45, 7) is 0. The lowest BCUT2D eigenvalue weighted by atomic mass is 9.90. The van der Waals surface area contributed by atoms with E-state index in [1.807, 2.05) is 54.6 Å². The quantitative estimate of drug-likeness (QED) is 0.168. The third kappa shape index (κ3) is 6.23. The number of hydrogen-bond donors (Lipinski definition) is 0. The van der Waals surface area contributed by atoms with E-state index >= 15 is 0 Å². The van der Waals surface area contributed by atoms with Gasteiger partial charge in [0.2, 0.25) is 0 Å². The number of hydrogen-bond acceptors (Lipinski definition) is 3. The third-order valence-corrected chi connectivity index (χ3v) is 9.97. The molecule has 0 fully saturated rings. The second kappa shape index (κ2) is 14.3. The predicted molar refractivity (Wildman–Crippen MR) is 222 cm³/mol. The van der Waals surface area contributed by atoms with Crippen LogP contribution < -0.4 is 0 Å². The molecule has 3 nitrogen and oxygen atoms in total. The van der Waals surface area contributed by atoms with Gasteiger partial charge >= 0.3 is 0 Å². The topological polar surface area (TPSA) is 49.6 Å². The van der Waals surface area contributed by atoms with E-state index in [1.165, 1.54) is 21.9 Å². The van der Waals surface area contributed by atoms with Gasteiger partial charge in [0, 0.05) is 22.3 Å². The average Bonchev–Trinajstić information content (AvgIpc) is 3.26. The molecule has 9 aromatic rings. The van der Waals surface area contributed by atoms with Gasteiger partial charge in [-0.2, -0.15) is 5.26 Å². The van der Waals surface area contributed by atoms with Crippen LogP contribution in [0, 0.1) is 11.3 Å². The fourth-order valence-corrected chi connectivity index (χ4v) is 7.28. The number of benzene rings is 8. The molecule has 0 aliphatic heterocycles. The molecule has 0 aliphatic rings. The first-order valence-corrected chi connectivity index (χ1v) is 18.1. The zero-order chi connectivity index (χ0) is 36.3. The Balaban J connectivity index is 1.15. The average molecular weight is 688 g/mol. The van der Waals surface area contributed by atoms with Gasteiger partial charge < -0.3 is 0 Å². The van der Waals surface area contributed by atoms with Crippen molar-refractivity contribution in [1.82, 2.24) is 9.97 Å². The molecule has 54 heavy (non-hydrogen) atoms. The van der Waals surface area contributed by atoms with Crippen LogP contribution in [0.3, 0.4) is 0 Å². The van der Waals surface area contributed by atoms with E-state index in [-0.39, 0.29) is 0 Å². The minimum Gasteiger partial charge on any atom is -0.227 e. The number of aromatic nitrogens is 2. The van der Waals surface area contributed by atoms with Crippen LogP contribution in [0.4, 0.5) is 0 Å². The number of nitriles is 1. The summed E-state index contributed by atoms with van der Waals surface area (Å²) in [6.07, 6.45) is 0. The van der Waals surface area contributed by atoms with Gasteiger partial charge in [0.25, 0.3) is 0 Å². The highest BCUT2D eigenvalue weighted by Crippen LogP contribution is 2.41. The van der Waals surface area contributed by atoms with E-state index in [2.05, 4.69) is 152 Å². The molecule has 8 aromatic carbocycles. The summed E-state index contributed by atoms with van der Waals surface area (Å²) in [4.78, 5) is 10.5. The molecule has 0 unspecified atom stereocenters. The summed E-state index contributed by atoms with van der Waals surface area (Å²) in [5.74, 6) is 0.693. The Morgan fingerprint density at radius 2 is 0.778 bits per heavy atom. The van der Waals surface area contributed by atoms with Gasteiger partial charge in [-0.3, -0.25) is 0 Å². The standard InChI is InChI=1S/C51H33N3/c52-34-35-23-25-36(26-24-35)42-19-12-20-43(33-42)45-32-31-44(46-21-10-11-22-47(45)46)37-27-29-40(30-28-37)50-48(38-13-4-1-5-14-38)49(39-15-6-2-7-16-39)53-51(54-50)41-17-8-3-9-18-41/h1-33H. The van der Waals surface area contributed by atoms with Gasteiger partial charge in [-0.1, -0.05) is 182 Å². The molecule has 1 aromatic heterocycles. The fourth-order valence-electron chi connectivity index (χ4n) is 7.28. The van der Waals surface area contributed by atoms with Crippen LogP contribution in [-0.4, -0.2) is 9.97 Å². The minimum atomic E-state index is 0.659. The van der Waals surface area contributed by atoms with Crippen LogP contribution >= 0.6 is 0 Å². The van der Waals surface area contributed by atoms with Crippen LogP contribution in [0.5, 0.6) is 0 Å². The molecule has 0 spiro atoms. The van der Waals surface area contributed by atoms with E-state index in [0.717, 1.165) is 61.5 Å². The van der Waals surface area contributed by atoms with Crippen molar-refractivity contribution < 1.29 is 0 Å². The van der Waals surface area contributed by atoms with Crippen LogP contribution in [0.15, 0.2) is 200 Å². The zero-order valence-corrected chi connectivity index (χ0v) is 29.4. The SMILES string of the molecule is N#Cc1ccc(-c2cccc(-c3ccc(-c4ccc(-c5nc(-c6ccccc6)nc(-c6ccccc6)c5-c5ccccc5)cc4)c4ccccc34)c2)cc1. The Hall–Kier alpha value is -7.41. The van der Waals surface area contributed by atoms with Crippen molar-refractivity contribution in [1.29, 1.82) is 5.26 Å². The van der Waals surface area contributed by atoms with Gasteiger partial charge in [0.1, 0.15) is 0 Å². The normalized spacial score (nSPS) is 10.9. The van der Waals surface area contributed by atoms with Crippen molar-refractivity contribution in [2.45, 2.75) is 0 Å². The Kier molecular flexibility index (Phi) is 8.61. The fraction of sp³-hybridized carbons (Fsp3) is 0. The van der Waals surface area contributed by atoms with Crippen molar-refractivity contribution in [3.63, 3.8) is 0 Å². The van der Waals surface area contributed by atoms with Crippen molar-refractivity contribution in [3.8, 4) is 84.5 Å². The largest absolute Gasteiger partial charge is 0.227 e. The molecule has 3 heteroatoms. The highest BCUT2D eigenvalue weighted by atomic mass is 14.9. The molecule has 0 amide bonds. The second-order valence-corrected chi connectivity index (χ2v) is 13.3. The highest BCUT2D eigenvalue weighted by Gasteiger charge is 2.20. The van der Waals surface area contributed by atoms with Gasteiger partial charge in [-0.15, -0.1) is 0 Å². The van der Waals surface area contributed by atoms with Crippen LogP contribution in [-0.2, 0) is 0 Å². The third-order valence-electron chi connectivity index (χ3n) is 9.97. The van der Waals surface area contributed by atoms with Crippen molar-refractivity contribution in [2.24, 2.45) is 0 Å². The lowest BCUT2D eigenvalue weighted by Gasteiger charge is -2.17. The first kappa shape index (κ1) is 32.5. The molecule has 252 valence electrons. The number of rotatable bonds is 7. The molecule has 0 radical (unpaired) electrons. The molecule has 9 rings (SSSR count). The van der Waals surface area contributed by atoms with Crippen molar-refractivity contribution in [2.75, 3.05) is 0 Å². The maximum Gasteiger partial charge on any atom is 0.160 e. The first-order valence-electron chi connectivity index (χ1n) is 18.1. The van der Waals surface area contributed by atoms with Gasteiger partial charge in [0.15, 0.2) is 5.82 Å². The van der Waals surface area contributed by atoms with Gasteiger partial charge in [0.05, 0.1) is 23.0 Å². The van der Waals surface area contributed by atoms with Crippen molar-refractivity contribution >= 4 is 10.8 Å². The molecule has 0 saturated carbocycles. The summed E-state index contributed by atoms with van der Waals surface area (Å²) in [5, 5.41) is 11.6. The second-order valence-electron chi connectivity index (χ2n) is 13.3. The van der Waals surface area contributed by atoms with E-state index in [9.17, 15) is 5.26 Å². The predicted octanol–water partition coefficient (Wildman–Crippen LogP) is 13.2. The van der Waals surface area contributed by atoms with Crippen LogP contribution in [0.1, 0.15) is 5.56 Å². The summed E-state index contributed by atoms with van der Waals surface area (Å²) >= 11 is 0. The zero-order valence-electron chi connectivity index (χ0n) is 29.4. The molecular weight excluding hydrogens is 655 g/mol. The Bertz CT molecular complexity index is 2790. The summed E-state index contributed by atoms with van der Waals surface area (Å²) in [5.41, 5.74) is 14.4. The van der Waals surface area contributed by atoms with Crippen LogP contribution in [0.25, 0.3) is 89.2 Å². The minimum absolute atomic E-state index is 0.659. The maximum atomic E-state index is 9.26. The molecule has 1 heterocycles. The molecule has 0 saturated heterocycles. The van der Waals surface area contributed by atoms with Crippen molar-refractivity contribution in [3.05, 3.63) is 206 Å². The summed E-state index contributed by atoms with van der Waals surface area (Å²) < 4.78 is 0. The Labute approximate surface area is 315 Å². The summed E-state index contributed by atoms with van der Waals surface area (Å²) in [7, 11) is 0. The van der Waals surface area contributed by atoms with E-state index in [1.54, 1.807) is 0 Å². The smallest absolute Gasteiger partial charge is 0.160 e. The van der Waals surface area contributed by atoms with Gasteiger partial charge in [-0.05, 0) is 67.9 Å².